The Morgan fingerprint density at radius 3 is 2.63 bits per heavy atom. The van der Waals surface area contributed by atoms with E-state index in [1.807, 2.05) is 24.4 Å². The van der Waals surface area contributed by atoms with Crippen LogP contribution >= 0.6 is 11.3 Å². The summed E-state index contributed by atoms with van der Waals surface area (Å²) in [4.78, 5) is 21.8. The van der Waals surface area contributed by atoms with Crippen molar-refractivity contribution < 1.29 is 9.84 Å². The number of benzene rings is 1. The highest BCUT2D eigenvalue weighted by Gasteiger charge is 2.29. The molecule has 2 aliphatic rings. The standard InChI is InChI=1S/C28H33N7O2S/c1-28(2,18-36)35-7-5-33(6-8-35)17-20-15-24-25(38-20)27(34-9-11-37-12-10-34)32-26(31-24)22-13-19(16-29)14-23-21(22)3-4-30-23/h3-4,13-15,30,36H,5-12,17-18H2,1-2H3. The van der Waals surface area contributed by atoms with Gasteiger partial charge in [-0.05, 0) is 38.1 Å². The minimum atomic E-state index is -0.184. The number of morpholine rings is 1. The average Bonchev–Trinajstić information content (AvgIpc) is 3.59. The summed E-state index contributed by atoms with van der Waals surface area (Å²) in [6.07, 6.45) is 1.89. The lowest BCUT2D eigenvalue weighted by atomic mass is 10.0. The Balaban J connectivity index is 1.35. The van der Waals surface area contributed by atoms with Crippen molar-refractivity contribution in [2.24, 2.45) is 0 Å². The maximum absolute atomic E-state index is 9.75. The van der Waals surface area contributed by atoms with Gasteiger partial charge >= 0.3 is 0 Å². The van der Waals surface area contributed by atoms with Crippen LogP contribution in [0, 0.1) is 11.3 Å². The van der Waals surface area contributed by atoms with E-state index in [0.29, 0.717) is 24.6 Å². The summed E-state index contributed by atoms with van der Waals surface area (Å²) in [5.41, 5.74) is 3.12. The maximum atomic E-state index is 9.75. The van der Waals surface area contributed by atoms with Crippen LogP contribution in [0.25, 0.3) is 32.5 Å². The quantitative estimate of drug-likeness (QED) is 0.390. The van der Waals surface area contributed by atoms with Crippen molar-refractivity contribution in [3.8, 4) is 17.5 Å². The number of rotatable bonds is 6. The second-order valence-corrected chi connectivity index (χ2v) is 11.8. The predicted molar refractivity (Wildman–Crippen MR) is 150 cm³/mol. The topological polar surface area (TPSA) is 105 Å². The number of H-pyrrole nitrogens is 1. The van der Waals surface area contributed by atoms with Crippen LogP contribution in [0.3, 0.4) is 0 Å². The van der Waals surface area contributed by atoms with Crippen LogP contribution in [0.2, 0.25) is 0 Å². The van der Waals surface area contributed by atoms with Crippen LogP contribution in [0.1, 0.15) is 24.3 Å². The fourth-order valence-electron chi connectivity index (χ4n) is 5.40. The van der Waals surface area contributed by atoms with E-state index in [1.54, 1.807) is 11.3 Å². The second kappa shape index (κ2) is 10.2. The Bertz CT molecular complexity index is 1490. The molecule has 0 unspecified atom stereocenters. The molecule has 2 aliphatic heterocycles. The first-order chi connectivity index (χ1) is 18.4. The molecular formula is C28H33N7O2S. The molecule has 5 heterocycles. The number of piperazine rings is 1. The molecule has 9 nitrogen and oxygen atoms in total. The van der Waals surface area contributed by atoms with Gasteiger partial charge in [-0.1, -0.05) is 0 Å². The van der Waals surface area contributed by atoms with Gasteiger partial charge in [-0.15, -0.1) is 11.3 Å². The SMILES string of the molecule is CC(C)(CO)N1CCN(Cc2cc3nc(-c4cc(C#N)cc5[nH]ccc45)nc(N4CCOCC4)c3s2)CC1. The molecule has 6 rings (SSSR count). The first-order valence-electron chi connectivity index (χ1n) is 13.2. The molecule has 2 saturated heterocycles. The van der Waals surface area contributed by atoms with Gasteiger partial charge in [-0.2, -0.15) is 5.26 Å². The van der Waals surface area contributed by atoms with Crippen molar-refractivity contribution in [3.05, 3.63) is 40.9 Å². The van der Waals surface area contributed by atoms with E-state index < -0.39 is 0 Å². The Morgan fingerprint density at radius 2 is 1.89 bits per heavy atom. The highest BCUT2D eigenvalue weighted by Crippen LogP contribution is 2.37. The predicted octanol–water partition coefficient (Wildman–Crippen LogP) is 3.44. The molecule has 3 aromatic heterocycles. The van der Waals surface area contributed by atoms with E-state index in [2.05, 4.69) is 45.7 Å². The molecule has 0 spiro atoms. The van der Waals surface area contributed by atoms with E-state index in [-0.39, 0.29) is 12.1 Å². The van der Waals surface area contributed by atoms with E-state index in [4.69, 9.17) is 14.7 Å². The molecule has 0 bridgehead atoms. The minimum Gasteiger partial charge on any atom is -0.394 e. The fraction of sp³-hybridized carbons (Fsp3) is 0.464. The number of aromatic amines is 1. The number of aliphatic hydroxyl groups excluding tert-OH is 1. The third kappa shape index (κ3) is 4.77. The number of nitrogens with one attached hydrogen (secondary N) is 1. The summed E-state index contributed by atoms with van der Waals surface area (Å²) in [5.74, 6) is 1.59. The number of thiophene rings is 1. The maximum Gasteiger partial charge on any atom is 0.162 e. The molecule has 4 aromatic rings. The average molecular weight is 532 g/mol. The van der Waals surface area contributed by atoms with Gasteiger partial charge in [0.2, 0.25) is 0 Å². The Labute approximate surface area is 226 Å². The molecule has 0 radical (unpaired) electrons. The fourth-order valence-corrected chi connectivity index (χ4v) is 6.56. The van der Waals surface area contributed by atoms with Gasteiger partial charge in [0.25, 0.3) is 0 Å². The monoisotopic (exact) mass is 531 g/mol. The van der Waals surface area contributed by atoms with Gasteiger partial charge in [0.15, 0.2) is 11.6 Å². The number of aromatic nitrogens is 3. The first-order valence-corrected chi connectivity index (χ1v) is 14.0. The lowest BCUT2D eigenvalue weighted by Crippen LogP contribution is -2.55. The lowest BCUT2D eigenvalue weighted by Gasteiger charge is -2.43. The summed E-state index contributed by atoms with van der Waals surface area (Å²) < 4.78 is 6.73. The number of anilines is 1. The molecule has 0 atom stereocenters. The number of fused-ring (bicyclic) bond motifs is 2. The summed E-state index contributed by atoms with van der Waals surface area (Å²) in [7, 11) is 0. The van der Waals surface area contributed by atoms with Crippen molar-refractivity contribution in [3.63, 3.8) is 0 Å². The van der Waals surface area contributed by atoms with Crippen LogP contribution in [-0.2, 0) is 11.3 Å². The Morgan fingerprint density at radius 1 is 1.11 bits per heavy atom. The van der Waals surface area contributed by atoms with E-state index in [1.165, 1.54) is 4.88 Å². The molecule has 2 N–H and O–H groups in total. The summed E-state index contributed by atoms with van der Waals surface area (Å²) in [5, 5.41) is 20.4. The zero-order chi connectivity index (χ0) is 26.3. The molecule has 0 aliphatic carbocycles. The van der Waals surface area contributed by atoms with Gasteiger partial charge < -0.3 is 19.7 Å². The highest BCUT2D eigenvalue weighted by atomic mass is 32.1. The number of hydrogen-bond acceptors (Lipinski definition) is 9. The van der Waals surface area contributed by atoms with Crippen LogP contribution in [0.5, 0.6) is 0 Å². The molecule has 10 heteroatoms. The van der Waals surface area contributed by atoms with Crippen LogP contribution in [-0.4, -0.2) is 94.5 Å². The molecule has 1 aromatic carbocycles. The van der Waals surface area contributed by atoms with Crippen LogP contribution in [0.15, 0.2) is 30.5 Å². The largest absolute Gasteiger partial charge is 0.394 e. The number of nitrogens with zero attached hydrogens (tertiary/aromatic N) is 6. The van der Waals surface area contributed by atoms with Gasteiger partial charge in [0, 0.05) is 78.9 Å². The van der Waals surface area contributed by atoms with Gasteiger partial charge in [-0.25, -0.2) is 9.97 Å². The molecule has 198 valence electrons. The van der Waals surface area contributed by atoms with Crippen LogP contribution < -0.4 is 4.90 Å². The molecule has 2 fully saturated rings. The minimum absolute atomic E-state index is 0.168. The first kappa shape index (κ1) is 25.2. The lowest BCUT2D eigenvalue weighted by molar-refractivity contribution is 0.0151. The smallest absolute Gasteiger partial charge is 0.162 e. The van der Waals surface area contributed by atoms with Crippen molar-refractivity contribution in [1.82, 2.24) is 24.8 Å². The summed E-state index contributed by atoms with van der Waals surface area (Å²) in [6.45, 7) is 12.0. The molecule has 38 heavy (non-hydrogen) atoms. The third-order valence-electron chi connectivity index (χ3n) is 7.75. The number of aliphatic hydroxyl groups is 1. The number of hydrogen-bond donors (Lipinski definition) is 2. The van der Waals surface area contributed by atoms with Crippen molar-refractivity contribution >= 4 is 38.3 Å². The van der Waals surface area contributed by atoms with Gasteiger partial charge in [0.05, 0.1) is 41.7 Å². The summed E-state index contributed by atoms with van der Waals surface area (Å²) >= 11 is 1.78. The summed E-state index contributed by atoms with van der Waals surface area (Å²) in [6, 6.07) is 10.3. The normalized spacial score (nSPS) is 17.9. The van der Waals surface area contributed by atoms with Crippen LogP contribution in [0.4, 0.5) is 5.82 Å². The molecule has 0 saturated carbocycles. The van der Waals surface area contributed by atoms with Gasteiger partial charge in [0.1, 0.15) is 0 Å². The molecular weight excluding hydrogens is 498 g/mol. The zero-order valence-electron chi connectivity index (χ0n) is 21.9. The van der Waals surface area contributed by atoms with Crippen molar-refractivity contribution in [1.29, 1.82) is 5.26 Å². The Kier molecular flexibility index (Phi) is 6.80. The highest BCUT2D eigenvalue weighted by molar-refractivity contribution is 7.19. The van der Waals surface area contributed by atoms with E-state index >= 15 is 0 Å². The van der Waals surface area contributed by atoms with Gasteiger partial charge in [-0.3, -0.25) is 9.80 Å². The number of nitriles is 1. The Hall–Kier alpha value is -3.07. The second-order valence-electron chi connectivity index (χ2n) is 10.7. The molecule has 0 amide bonds. The van der Waals surface area contributed by atoms with Crippen molar-refractivity contribution in [2.45, 2.75) is 25.9 Å². The van der Waals surface area contributed by atoms with E-state index in [9.17, 15) is 10.4 Å². The third-order valence-corrected chi connectivity index (χ3v) is 8.85. The number of ether oxygens (including phenoxy) is 1. The van der Waals surface area contributed by atoms with Crippen molar-refractivity contribution in [2.75, 3.05) is 64.0 Å². The van der Waals surface area contributed by atoms with E-state index in [0.717, 1.165) is 78.3 Å². The zero-order valence-corrected chi connectivity index (χ0v) is 22.7.